The summed E-state index contributed by atoms with van der Waals surface area (Å²) < 4.78 is 61.9. The molecule has 0 saturated carbocycles. The van der Waals surface area contributed by atoms with Gasteiger partial charge in [-0.05, 0) is 30.0 Å². The van der Waals surface area contributed by atoms with Crippen LogP contribution in [0.2, 0.25) is 0 Å². The molecule has 0 heterocycles. The third-order valence-corrected chi connectivity index (χ3v) is 3.44. The summed E-state index contributed by atoms with van der Waals surface area (Å²) in [7, 11) is -5.61. The van der Waals surface area contributed by atoms with E-state index >= 15 is 0 Å². The summed E-state index contributed by atoms with van der Waals surface area (Å²) in [5.41, 5.74) is -4.57. The van der Waals surface area contributed by atoms with E-state index in [1.165, 1.54) is 24.3 Å². The van der Waals surface area contributed by atoms with E-state index in [0.29, 0.717) is 6.42 Å². The molecule has 0 aliphatic heterocycles. The Hall–Kier alpha value is -1.50. The van der Waals surface area contributed by atoms with Gasteiger partial charge in [-0.3, -0.25) is 0 Å². The quantitative estimate of drug-likeness (QED) is 0.473. The molecule has 19 heavy (non-hydrogen) atoms. The highest BCUT2D eigenvalue weighted by molar-refractivity contribution is 7.87. The normalized spacial score (nSPS) is 13.9. The van der Waals surface area contributed by atoms with Gasteiger partial charge < -0.3 is 4.18 Å². The number of rotatable bonds is 5. The van der Waals surface area contributed by atoms with Crippen LogP contribution in [0.4, 0.5) is 13.2 Å². The van der Waals surface area contributed by atoms with E-state index in [1.807, 2.05) is 6.92 Å². The second-order valence-electron chi connectivity index (χ2n) is 3.98. The van der Waals surface area contributed by atoms with Crippen molar-refractivity contribution in [3.05, 3.63) is 42.5 Å². The van der Waals surface area contributed by atoms with Crippen molar-refractivity contribution in [2.45, 2.75) is 24.8 Å². The SMILES string of the molecule is C=CCC(C)c1ccc(OS(=O)(=O)C(F)(F)F)cc1. The minimum absolute atomic E-state index is 0.144. The van der Waals surface area contributed by atoms with Gasteiger partial charge in [0.15, 0.2) is 0 Å². The molecular formula is C12H13F3O3S. The highest BCUT2D eigenvalue weighted by Gasteiger charge is 2.48. The van der Waals surface area contributed by atoms with Crippen LogP contribution in [-0.2, 0) is 10.1 Å². The molecule has 0 saturated heterocycles. The number of alkyl halides is 3. The van der Waals surface area contributed by atoms with E-state index in [0.717, 1.165) is 5.56 Å². The molecule has 1 aromatic carbocycles. The van der Waals surface area contributed by atoms with Gasteiger partial charge in [0.05, 0.1) is 0 Å². The first kappa shape index (κ1) is 15.6. The maximum absolute atomic E-state index is 12.1. The van der Waals surface area contributed by atoms with Crippen LogP contribution in [0, 0.1) is 0 Å². The molecule has 0 spiro atoms. The van der Waals surface area contributed by atoms with E-state index in [1.54, 1.807) is 6.08 Å². The third-order valence-electron chi connectivity index (χ3n) is 2.46. The summed E-state index contributed by atoms with van der Waals surface area (Å²) in [6.07, 6.45) is 2.43. The zero-order chi connectivity index (χ0) is 14.7. The van der Waals surface area contributed by atoms with Crippen LogP contribution in [0.25, 0.3) is 0 Å². The molecule has 7 heteroatoms. The van der Waals surface area contributed by atoms with Crippen LogP contribution in [-0.4, -0.2) is 13.9 Å². The van der Waals surface area contributed by atoms with Crippen molar-refractivity contribution in [3.63, 3.8) is 0 Å². The maximum atomic E-state index is 12.1. The van der Waals surface area contributed by atoms with Gasteiger partial charge in [-0.25, -0.2) is 0 Å². The number of halogens is 3. The van der Waals surface area contributed by atoms with Crippen molar-refractivity contribution in [1.82, 2.24) is 0 Å². The molecule has 0 N–H and O–H groups in total. The minimum atomic E-state index is -5.61. The molecule has 1 atom stereocenters. The monoisotopic (exact) mass is 294 g/mol. The Morgan fingerprint density at radius 1 is 1.32 bits per heavy atom. The number of allylic oxidation sites excluding steroid dienone is 1. The smallest absolute Gasteiger partial charge is 0.376 e. The molecule has 0 radical (unpaired) electrons. The van der Waals surface area contributed by atoms with E-state index < -0.39 is 15.6 Å². The second-order valence-corrected chi connectivity index (χ2v) is 5.52. The summed E-state index contributed by atoms with van der Waals surface area (Å²) >= 11 is 0. The first-order valence-corrected chi connectivity index (χ1v) is 6.80. The Morgan fingerprint density at radius 2 is 1.84 bits per heavy atom. The highest BCUT2D eigenvalue weighted by Crippen LogP contribution is 2.28. The van der Waals surface area contributed by atoms with Gasteiger partial charge in [-0.2, -0.15) is 21.6 Å². The molecule has 0 amide bonds. The van der Waals surface area contributed by atoms with Crippen molar-refractivity contribution in [2.24, 2.45) is 0 Å². The van der Waals surface area contributed by atoms with E-state index in [-0.39, 0.29) is 11.7 Å². The Labute approximate surface area is 109 Å². The number of hydrogen-bond donors (Lipinski definition) is 0. The molecular weight excluding hydrogens is 281 g/mol. The van der Waals surface area contributed by atoms with Crippen molar-refractivity contribution in [2.75, 3.05) is 0 Å². The van der Waals surface area contributed by atoms with Gasteiger partial charge in [0.2, 0.25) is 0 Å². The lowest BCUT2D eigenvalue weighted by Crippen LogP contribution is -2.28. The molecule has 0 bridgehead atoms. The zero-order valence-corrected chi connectivity index (χ0v) is 11.0. The molecule has 1 rings (SSSR count). The molecule has 0 aliphatic carbocycles. The van der Waals surface area contributed by atoms with Crippen molar-refractivity contribution >= 4 is 10.1 Å². The van der Waals surface area contributed by atoms with Gasteiger partial charge in [-0.15, -0.1) is 6.58 Å². The topological polar surface area (TPSA) is 43.4 Å². The Morgan fingerprint density at radius 3 is 2.26 bits per heavy atom. The van der Waals surface area contributed by atoms with Crippen molar-refractivity contribution in [3.8, 4) is 5.75 Å². The van der Waals surface area contributed by atoms with Crippen LogP contribution < -0.4 is 4.18 Å². The summed E-state index contributed by atoms with van der Waals surface area (Å²) in [4.78, 5) is 0. The average Bonchev–Trinajstić information content (AvgIpc) is 2.28. The summed E-state index contributed by atoms with van der Waals surface area (Å²) in [6.45, 7) is 5.51. The Bertz CT molecular complexity index is 532. The minimum Gasteiger partial charge on any atom is -0.376 e. The first-order valence-electron chi connectivity index (χ1n) is 5.39. The summed E-state index contributed by atoms with van der Waals surface area (Å²) in [5.74, 6) is -0.224. The lowest BCUT2D eigenvalue weighted by molar-refractivity contribution is -0.0500. The van der Waals surface area contributed by atoms with E-state index in [2.05, 4.69) is 10.8 Å². The zero-order valence-electron chi connectivity index (χ0n) is 10.1. The lowest BCUT2D eigenvalue weighted by Gasteiger charge is -2.12. The molecule has 3 nitrogen and oxygen atoms in total. The predicted octanol–water partition coefficient (Wildman–Crippen LogP) is 3.59. The molecule has 0 aromatic heterocycles. The fraction of sp³-hybridized carbons (Fsp3) is 0.333. The second kappa shape index (κ2) is 5.64. The van der Waals surface area contributed by atoms with Gasteiger partial charge in [0.1, 0.15) is 5.75 Å². The van der Waals surface area contributed by atoms with Gasteiger partial charge in [-0.1, -0.05) is 25.1 Å². The molecule has 0 fully saturated rings. The predicted molar refractivity (Wildman–Crippen MR) is 65.3 cm³/mol. The fourth-order valence-corrected chi connectivity index (χ4v) is 1.87. The standard InChI is InChI=1S/C12H13F3O3S/c1-3-4-9(2)10-5-7-11(8-6-10)18-19(16,17)12(13,14)15/h3,5-9H,1,4H2,2H3. The van der Waals surface area contributed by atoms with E-state index in [4.69, 9.17) is 0 Å². The number of benzene rings is 1. The van der Waals surface area contributed by atoms with Crippen LogP contribution in [0.5, 0.6) is 5.75 Å². The lowest BCUT2D eigenvalue weighted by atomic mass is 9.98. The van der Waals surface area contributed by atoms with Crippen LogP contribution in [0.3, 0.4) is 0 Å². The van der Waals surface area contributed by atoms with Crippen LogP contribution >= 0.6 is 0 Å². The molecule has 0 aliphatic rings. The molecule has 1 aromatic rings. The molecule has 1 unspecified atom stereocenters. The van der Waals surface area contributed by atoms with Crippen molar-refractivity contribution < 1.29 is 25.8 Å². The molecule has 106 valence electrons. The summed E-state index contributed by atoms with van der Waals surface area (Å²) in [5, 5.41) is 0. The highest BCUT2D eigenvalue weighted by atomic mass is 32.2. The van der Waals surface area contributed by atoms with Gasteiger partial charge in [0, 0.05) is 0 Å². The Balaban J connectivity index is 2.87. The Kier molecular flexibility index (Phi) is 4.62. The van der Waals surface area contributed by atoms with Gasteiger partial charge in [0.25, 0.3) is 0 Å². The third kappa shape index (κ3) is 3.99. The fourth-order valence-electron chi connectivity index (χ4n) is 1.41. The van der Waals surface area contributed by atoms with Gasteiger partial charge >= 0.3 is 15.6 Å². The van der Waals surface area contributed by atoms with Crippen LogP contribution in [0.1, 0.15) is 24.8 Å². The van der Waals surface area contributed by atoms with E-state index in [9.17, 15) is 21.6 Å². The largest absolute Gasteiger partial charge is 0.534 e. The number of hydrogen-bond acceptors (Lipinski definition) is 3. The van der Waals surface area contributed by atoms with Crippen molar-refractivity contribution in [1.29, 1.82) is 0 Å². The first-order chi connectivity index (χ1) is 8.67. The summed E-state index contributed by atoms with van der Waals surface area (Å²) in [6, 6.07) is 5.43. The maximum Gasteiger partial charge on any atom is 0.534 e. The average molecular weight is 294 g/mol. The van der Waals surface area contributed by atoms with Crippen LogP contribution in [0.15, 0.2) is 36.9 Å².